The lowest BCUT2D eigenvalue weighted by Crippen LogP contribution is -2.15. The van der Waals surface area contributed by atoms with E-state index >= 15 is 0 Å². The molecule has 1 aliphatic heterocycles. The molecule has 0 bridgehead atoms. The lowest BCUT2D eigenvalue weighted by atomic mass is 9.79. The third-order valence-electron chi connectivity index (χ3n) is 6.53. The van der Waals surface area contributed by atoms with Crippen LogP contribution in [-0.2, 0) is 14.6 Å². The number of rotatable bonds is 11. The molecule has 6 heteroatoms. The predicted octanol–water partition coefficient (Wildman–Crippen LogP) is 5.16. The van der Waals surface area contributed by atoms with Gasteiger partial charge in [0.1, 0.15) is 18.1 Å². The summed E-state index contributed by atoms with van der Waals surface area (Å²) in [6.07, 6.45) is 1.77. The quantitative estimate of drug-likeness (QED) is 0.469. The van der Waals surface area contributed by atoms with Crippen LogP contribution in [0.25, 0.3) is 0 Å². The Kier molecular flexibility index (Phi) is 8.60. The molecule has 1 fully saturated rings. The summed E-state index contributed by atoms with van der Waals surface area (Å²) >= 11 is 0. The lowest BCUT2D eigenvalue weighted by Gasteiger charge is -2.26. The molecule has 4 atom stereocenters. The summed E-state index contributed by atoms with van der Waals surface area (Å²) in [5, 5.41) is 9.61. The van der Waals surface area contributed by atoms with Gasteiger partial charge in [-0.2, -0.15) is 0 Å². The maximum Gasteiger partial charge on any atom is 0.150 e. The molecule has 5 nitrogen and oxygen atoms in total. The molecule has 0 spiro atoms. The molecule has 2 aromatic carbocycles. The van der Waals surface area contributed by atoms with Crippen LogP contribution >= 0.6 is 0 Å². The average Bonchev–Trinajstić information content (AvgIpc) is 3.02. The summed E-state index contributed by atoms with van der Waals surface area (Å²) in [6, 6.07) is 15.6. The number of phenols is 1. The summed E-state index contributed by atoms with van der Waals surface area (Å²) in [6.45, 7) is 7.98. The van der Waals surface area contributed by atoms with Crippen LogP contribution in [0.15, 0.2) is 48.5 Å². The molecule has 1 aliphatic rings. The van der Waals surface area contributed by atoms with E-state index < -0.39 is 9.84 Å². The molecule has 0 saturated carbocycles. The zero-order valence-electron chi connectivity index (χ0n) is 19.4. The van der Waals surface area contributed by atoms with Gasteiger partial charge in [-0.1, -0.05) is 38.1 Å². The van der Waals surface area contributed by atoms with Crippen LogP contribution in [0.2, 0.25) is 0 Å². The summed E-state index contributed by atoms with van der Waals surface area (Å²) < 4.78 is 35.4. The van der Waals surface area contributed by atoms with Gasteiger partial charge < -0.3 is 14.6 Å². The second-order valence-corrected chi connectivity index (χ2v) is 11.2. The first-order chi connectivity index (χ1) is 15.3. The molecule has 176 valence electrons. The van der Waals surface area contributed by atoms with Crippen molar-refractivity contribution >= 4 is 9.84 Å². The van der Waals surface area contributed by atoms with E-state index in [9.17, 15) is 13.5 Å². The number of hydrogen-bond donors (Lipinski definition) is 1. The largest absolute Gasteiger partial charge is 0.508 e. The molecule has 0 aromatic heterocycles. The highest BCUT2D eigenvalue weighted by molar-refractivity contribution is 7.91. The van der Waals surface area contributed by atoms with E-state index in [1.807, 2.05) is 31.2 Å². The Balaban J connectivity index is 1.74. The van der Waals surface area contributed by atoms with Crippen molar-refractivity contribution in [3.05, 3.63) is 59.7 Å². The molecule has 32 heavy (non-hydrogen) atoms. The molecule has 0 amide bonds. The van der Waals surface area contributed by atoms with Gasteiger partial charge in [0.2, 0.25) is 0 Å². The number of phenolic OH excluding ortho intramolecular Hbond substituents is 1. The van der Waals surface area contributed by atoms with Crippen LogP contribution in [0.4, 0.5) is 0 Å². The molecule has 2 aromatic rings. The van der Waals surface area contributed by atoms with Crippen molar-refractivity contribution in [3.8, 4) is 11.5 Å². The van der Waals surface area contributed by atoms with Gasteiger partial charge in [-0.05, 0) is 78.8 Å². The van der Waals surface area contributed by atoms with E-state index in [0.717, 1.165) is 18.6 Å². The Hall–Kier alpha value is -2.05. The van der Waals surface area contributed by atoms with Crippen molar-refractivity contribution in [1.29, 1.82) is 0 Å². The number of benzene rings is 2. The summed E-state index contributed by atoms with van der Waals surface area (Å²) in [7, 11) is -2.94. The van der Waals surface area contributed by atoms with Gasteiger partial charge in [0.05, 0.1) is 18.1 Å². The van der Waals surface area contributed by atoms with Crippen molar-refractivity contribution in [1.82, 2.24) is 0 Å². The maximum absolute atomic E-state index is 12.2. The minimum absolute atomic E-state index is 0.180. The normalized spacial score (nSPS) is 21.8. The zero-order valence-corrected chi connectivity index (χ0v) is 20.2. The summed E-state index contributed by atoms with van der Waals surface area (Å²) in [4.78, 5) is 0. The Morgan fingerprint density at radius 2 is 1.66 bits per heavy atom. The highest BCUT2D eigenvalue weighted by atomic mass is 32.2. The zero-order chi connectivity index (χ0) is 23.1. The number of ether oxygens (including phenoxy) is 2. The number of aromatic hydroxyl groups is 1. The Morgan fingerprint density at radius 3 is 2.25 bits per heavy atom. The van der Waals surface area contributed by atoms with Gasteiger partial charge in [0.25, 0.3) is 0 Å². The van der Waals surface area contributed by atoms with Gasteiger partial charge >= 0.3 is 0 Å². The third-order valence-corrected chi connectivity index (χ3v) is 8.50. The Morgan fingerprint density at radius 1 is 1.00 bits per heavy atom. The fourth-order valence-corrected chi connectivity index (χ4v) is 7.02. The minimum Gasteiger partial charge on any atom is -0.508 e. The summed E-state index contributed by atoms with van der Waals surface area (Å²) in [5.41, 5.74) is 2.39. The number of hydrogen-bond acceptors (Lipinski definition) is 5. The van der Waals surface area contributed by atoms with Gasteiger partial charge in [-0.25, -0.2) is 8.42 Å². The van der Waals surface area contributed by atoms with Crippen LogP contribution in [0.1, 0.15) is 56.6 Å². The van der Waals surface area contributed by atoms with Gasteiger partial charge in [0, 0.05) is 6.61 Å². The van der Waals surface area contributed by atoms with Crippen molar-refractivity contribution < 1.29 is 23.0 Å². The Labute approximate surface area is 192 Å². The highest BCUT2D eigenvalue weighted by Gasteiger charge is 2.36. The molecule has 1 saturated heterocycles. The Bertz CT molecular complexity index is 937. The van der Waals surface area contributed by atoms with E-state index in [4.69, 9.17) is 9.47 Å². The second-order valence-electron chi connectivity index (χ2n) is 9.09. The maximum atomic E-state index is 12.2. The van der Waals surface area contributed by atoms with E-state index in [-0.39, 0.29) is 35.2 Å². The standard InChI is InChI=1S/C26H36O5S/c1-4-30-13-14-31-26-11-7-22(8-12-26)23(16-24-18-32(28,29)17-20(24)3)15-19(2)21-5-9-25(27)10-6-21/h5-12,19-20,23-24,27H,4,13-18H2,1-3H3. The van der Waals surface area contributed by atoms with Crippen LogP contribution in [0, 0.1) is 11.8 Å². The SMILES string of the molecule is CCOCCOc1ccc(C(CC(C)c2ccc(O)cc2)CC2CS(=O)(=O)CC2C)cc1. The predicted molar refractivity (Wildman–Crippen MR) is 128 cm³/mol. The van der Waals surface area contributed by atoms with Gasteiger partial charge in [-0.3, -0.25) is 0 Å². The third kappa shape index (κ3) is 6.97. The molecule has 1 heterocycles. The molecule has 1 N–H and O–H groups in total. The van der Waals surface area contributed by atoms with Crippen LogP contribution in [0.3, 0.4) is 0 Å². The number of sulfone groups is 1. The average molecular weight is 461 g/mol. The second kappa shape index (κ2) is 11.2. The van der Waals surface area contributed by atoms with E-state index in [1.54, 1.807) is 12.1 Å². The first kappa shape index (κ1) is 24.6. The van der Waals surface area contributed by atoms with Crippen molar-refractivity contribution in [2.75, 3.05) is 31.3 Å². The van der Waals surface area contributed by atoms with Crippen LogP contribution in [0.5, 0.6) is 11.5 Å². The molecular formula is C26H36O5S. The van der Waals surface area contributed by atoms with Crippen molar-refractivity contribution in [3.63, 3.8) is 0 Å². The molecule has 4 unspecified atom stereocenters. The fourth-order valence-electron chi connectivity index (χ4n) is 4.69. The van der Waals surface area contributed by atoms with Gasteiger partial charge in [0.15, 0.2) is 9.84 Å². The van der Waals surface area contributed by atoms with E-state index in [2.05, 4.69) is 26.0 Å². The van der Waals surface area contributed by atoms with Crippen LogP contribution in [-0.4, -0.2) is 44.9 Å². The van der Waals surface area contributed by atoms with Crippen molar-refractivity contribution in [2.45, 2.75) is 45.4 Å². The first-order valence-electron chi connectivity index (χ1n) is 11.6. The smallest absolute Gasteiger partial charge is 0.150 e. The summed E-state index contributed by atoms with van der Waals surface area (Å²) in [5.74, 6) is 2.57. The van der Waals surface area contributed by atoms with E-state index in [1.165, 1.54) is 11.1 Å². The fraction of sp³-hybridized carbons (Fsp3) is 0.538. The lowest BCUT2D eigenvalue weighted by molar-refractivity contribution is 0.110. The molecule has 3 rings (SSSR count). The van der Waals surface area contributed by atoms with E-state index in [0.29, 0.717) is 25.6 Å². The first-order valence-corrected chi connectivity index (χ1v) is 13.4. The van der Waals surface area contributed by atoms with Gasteiger partial charge in [-0.15, -0.1) is 0 Å². The topological polar surface area (TPSA) is 72.8 Å². The molecule has 0 radical (unpaired) electrons. The molecular weight excluding hydrogens is 424 g/mol. The minimum atomic E-state index is -2.94. The highest BCUT2D eigenvalue weighted by Crippen LogP contribution is 2.39. The van der Waals surface area contributed by atoms with Crippen LogP contribution < -0.4 is 4.74 Å². The molecule has 0 aliphatic carbocycles. The monoisotopic (exact) mass is 460 g/mol. The van der Waals surface area contributed by atoms with Crippen molar-refractivity contribution in [2.24, 2.45) is 11.8 Å².